The fourth-order valence-corrected chi connectivity index (χ4v) is 3.53. The molecule has 1 aromatic heterocycles. The lowest BCUT2D eigenvalue weighted by Gasteiger charge is -2.28. The lowest BCUT2D eigenvalue weighted by molar-refractivity contribution is 0.333. The Labute approximate surface area is 112 Å². The van der Waals surface area contributed by atoms with E-state index >= 15 is 0 Å². The third-order valence-corrected chi connectivity index (χ3v) is 5.00. The maximum atomic E-state index is 4.69. The molecule has 96 valence electrons. The standard InChI is InChI=1S/C15H20N2S/c1-3-15-17-13-8-11(5-7-14(13)18-15)12-6-4-10(2)9-16-12/h5,7-8,10,12,16H,3-4,6,9H2,1-2H3/t10-,12+/m0/s1. The van der Waals surface area contributed by atoms with Crippen LogP contribution in [0.3, 0.4) is 0 Å². The van der Waals surface area contributed by atoms with Gasteiger partial charge in [-0.2, -0.15) is 0 Å². The molecule has 2 heterocycles. The Bertz CT molecular complexity index is 538. The summed E-state index contributed by atoms with van der Waals surface area (Å²) in [4.78, 5) is 4.69. The Balaban J connectivity index is 1.88. The van der Waals surface area contributed by atoms with Gasteiger partial charge in [0.25, 0.3) is 0 Å². The van der Waals surface area contributed by atoms with E-state index in [0.29, 0.717) is 6.04 Å². The van der Waals surface area contributed by atoms with Crippen LogP contribution in [0.25, 0.3) is 10.2 Å². The van der Waals surface area contributed by atoms with Gasteiger partial charge >= 0.3 is 0 Å². The number of fused-ring (bicyclic) bond motifs is 1. The van der Waals surface area contributed by atoms with Gasteiger partial charge < -0.3 is 5.32 Å². The minimum Gasteiger partial charge on any atom is -0.310 e. The molecule has 1 N–H and O–H groups in total. The summed E-state index contributed by atoms with van der Waals surface area (Å²) in [5.74, 6) is 0.816. The molecule has 1 saturated heterocycles. The Morgan fingerprint density at radius 2 is 2.28 bits per heavy atom. The topological polar surface area (TPSA) is 24.9 Å². The molecule has 18 heavy (non-hydrogen) atoms. The van der Waals surface area contributed by atoms with Crippen LogP contribution in [0.1, 0.15) is 43.3 Å². The summed E-state index contributed by atoms with van der Waals surface area (Å²) >= 11 is 1.82. The van der Waals surface area contributed by atoms with Crippen molar-refractivity contribution in [3.05, 3.63) is 28.8 Å². The normalized spacial score (nSPS) is 24.6. The molecule has 0 unspecified atom stereocenters. The minimum absolute atomic E-state index is 0.525. The van der Waals surface area contributed by atoms with E-state index in [2.05, 4.69) is 37.4 Å². The molecule has 3 rings (SSSR count). The first kappa shape index (κ1) is 12.1. The first-order valence-corrected chi connectivity index (χ1v) is 7.70. The average Bonchev–Trinajstić information content (AvgIpc) is 2.81. The van der Waals surface area contributed by atoms with Gasteiger partial charge in [-0.25, -0.2) is 4.98 Å². The second-order valence-corrected chi connectivity index (χ2v) is 6.45. The number of nitrogens with one attached hydrogen (secondary N) is 1. The van der Waals surface area contributed by atoms with E-state index in [1.54, 1.807) is 0 Å². The van der Waals surface area contributed by atoms with Crippen LogP contribution in [-0.2, 0) is 6.42 Å². The third-order valence-electron chi connectivity index (χ3n) is 3.82. The number of hydrogen-bond donors (Lipinski definition) is 1. The maximum absolute atomic E-state index is 4.69. The number of nitrogens with zero attached hydrogens (tertiary/aromatic N) is 1. The second-order valence-electron chi connectivity index (χ2n) is 5.33. The van der Waals surface area contributed by atoms with Crippen LogP contribution in [0.5, 0.6) is 0 Å². The van der Waals surface area contributed by atoms with Gasteiger partial charge in [-0.05, 0) is 49.4 Å². The number of thiazole rings is 1. The number of rotatable bonds is 2. The van der Waals surface area contributed by atoms with Crippen LogP contribution in [0.2, 0.25) is 0 Å². The van der Waals surface area contributed by atoms with Crippen molar-refractivity contribution in [1.29, 1.82) is 0 Å². The lowest BCUT2D eigenvalue weighted by Crippen LogP contribution is -2.31. The fourth-order valence-electron chi connectivity index (χ4n) is 2.64. The van der Waals surface area contributed by atoms with Gasteiger partial charge in [0.1, 0.15) is 0 Å². The highest BCUT2D eigenvalue weighted by atomic mass is 32.1. The Morgan fingerprint density at radius 1 is 1.39 bits per heavy atom. The van der Waals surface area contributed by atoms with Gasteiger partial charge in [0.2, 0.25) is 0 Å². The molecule has 0 spiro atoms. The maximum Gasteiger partial charge on any atom is 0.0935 e. The van der Waals surface area contributed by atoms with Gasteiger partial charge in [0.15, 0.2) is 0 Å². The SMILES string of the molecule is CCc1nc2cc([C@H]3CC[C@H](C)CN3)ccc2s1. The van der Waals surface area contributed by atoms with Gasteiger partial charge in [-0.1, -0.05) is 19.9 Å². The minimum atomic E-state index is 0.525. The van der Waals surface area contributed by atoms with Gasteiger partial charge in [0.05, 0.1) is 15.2 Å². The second kappa shape index (κ2) is 4.98. The van der Waals surface area contributed by atoms with Crippen molar-refractivity contribution >= 4 is 21.6 Å². The molecule has 0 aliphatic carbocycles. The highest BCUT2D eigenvalue weighted by Crippen LogP contribution is 2.29. The van der Waals surface area contributed by atoms with E-state index in [1.807, 2.05) is 11.3 Å². The van der Waals surface area contributed by atoms with Crippen LogP contribution < -0.4 is 5.32 Å². The molecule has 2 nitrogen and oxygen atoms in total. The summed E-state index contributed by atoms with van der Waals surface area (Å²) in [6.45, 7) is 5.63. The van der Waals surface area contributed by atoms with Crippen molar-refractivity contribution in [3.63, 3.8) is 0 Å². The average molecular weight is 260 g/mol. The van der Waals surface area contributed by atoms with Gasteiger partial charge in [-0.3, -0.25) is 0 Å². The van der Waals surface area contributed by atoms with Crippen molar-refractivity contribution in [1.82, 2.24) is 10.3 Å². The summed E-state index contributed by atoms with van der Waals surface area (Å²) < 4.78 is 1.32. The quantitative estimate of drug-likeness (QED) is 0.885. The van der Waals surface area contributed by atoms with Crippen molar-refractivity contribution in [2.24, 2.45) is 5.92 Å². The van der Waals surface area contributed by atoms with Crippen LogP contribution in [-0.4, -0.2) is 11.5 Å². The predicted molar refractivity (Wildman–Crippen MR) is 78.1 cm³/mol. The molecule has 1 aliphatic rings. The van der Waals surface area contributed by atoms with E-state index in [0.717, 1.165) is 18.9 Å². The summed E-state index contributed by atoms with van der Waals surface area (Å²) in [6, 6.07) is 7.31. The number of benzene rings is 1. The molecule has 0 amide bonds. The van der Waals surface area contributed by atoms with Crippen molar-refractivity contribution in [3.8, 4) is 0 Å². The molecule has 2 aromatic rings. The van der Waals surface area contributed by atoms with E-state index in [-0.39, 0.29) is 0 Å². The number of aromatic nitrogens is 1. The molecular formula is C15H20N2S. The summed E-state index contributed by atoms with van der Waals surface area (Å²) in [5.41, 5.74) is 2.58. The zero-order chi connectivity index (χ0) is 12.5. The molecule has 1 aromatic carbocycles. The highest BCUT2D eigenvalue weighted by Gasteiger charge is 2.19. The summed E-state index contributed by atoms with van der Waals surface area (Å²) in [7, 11) is 0. The molecule has 0 radical (unpaired) electrons. The zero-order valence-electron chi connectivity index (χ0n) is 11.1. The lowest BCUT2D eigenvalue weighted by atomic mass is 9.92. The Hall–Kier alpha value is -0.930. The molecule has 0 saturated carbocycles. The van der Waals surface area contributed by atoms with Gasteiger partial charge in [-0.15, -0.1) is 11.3 Å². The first-order chi connectivity index (χ1) is 8.76. The van der Waals surface area contributed by atoms with Crippen LogP contribution in [0.4, 0.5) is 0 Å². The number of piperidine rings is 1. The van der Waals surface area contributed by atoms with Crippen LogP contribution >= 0.6 is 11.3 Å². The van der Waals surface area contributed by atoms with E-state index in [9.17, 15) is 0 Å². The third kappa shape index (κ3) is 2.29. The monoisotopic (exact) mass is 260 g/mol. The van der Waals surface area contributed by atoms with E-state index in [1.165, 1.54) is 33.6 Å². The Kier molecular flexibility index (Phi) is 3.35. The van der Waals surface area contributed by atoms with Gasteiger partial charge in [0, 0.05) is 6.04 Å². The van der Waals surface area contributed by atoms with E-state index in [4.69, 9.17) is 4.98 Å². The highest BCUT2D eigenvalue weighted by molar-refractivity contribution is 7.18. The Morgan fingerprint density at radius 3 is 3.00 bits per heavy atom. The zero-order valence-corrected chi connectivity index (χ0v) is 11.9. The predicted octanol–water partition coefficient (Wildman–Crippen LogP) is 3.92. The van der Waals surface area contributed by atoms with Crippen molar-refractivity contribution in [2.45, 2.75) is 39.2 Å². The molecule has 1 fully saturated rings. The molecule has 1 aliphatic heterocycles. The summed E-state index contributed by atoms with van der Waals surface area (Å²) in [5, 5.41) is 4.89. The molecule has 0 bridgehead atoms. The first-order valence-electron chi connectivity index (χ1n) is 6.89. The molecule has 2 atom stereocenters. The number of hydrogen-bond acceptors (Lipinski definition) is 3. The fraction of sp³-hybridized carbons (Fsp3) is 0.533. The van der Waals surface area contributed by atoms with Crippen LogP contribution in [0.15, 0.2) is 18.2 Å². The smallest absolute Gasteiger partial charge is 0.0935 e. The van der Waals surface area contributed by atoms with Crippen molar-refractivity contribution in [2.75, 3.05) is 6.54 Å². The molecule has 3 heteroatoms. The molecular weight excluding hydrogens is 240 g/mol. The van der Waals surface area contributed by atoms with Crippen LogP contribution in [0, 0.1) is 5.92 Å². The number of aryl methyl sites for hydroxylation is 1. The van der Waals surface area contributed by atoms with Crippen molar-refractivity contribution < 1.29 is 0 Å². The summed E-state index contributed by atoms with van der Waals surface area (Å²) in [6.07, 6.45) is 3.61. The van der Waals surface area contributed by atoms with E-state index < -0.39 is 0 Å². The largest absolute Gasteiger partial charge is 0.310 e.